The maximum Gasteiger partial charge on any atom is 0.326 e. The maximum absolute atomic E-state index is 12.6. The van der Waals surface area contributed by atoms with Gasteiger partial charge in [0.05, 0.1) is 6.04 Å². The van der Waals surface area contributed by atoms with Gasteiger partial charge in [-0.2, -0.15) is 0 Å². The molecule has 8 nitrogen and oxygen atoms in total. The fraction of sp³-hybridized carbons (Fsp3) is 0.550. The first-order valence-electron chi connectivity index (χ1n) is 9.36. The smallest absolute Gasteiger partial charge is 0.326 e. The van der Waals surface area contributed by atoms with E-state index in [0.717, 1.165) is 0 Å². The van der Waals surface area contributed by atoms with E-state index in [1.807, 2.05) is 13.8 Å². The SMILES string of the molecule is CC(C)C[C@H](NC(=O)[C@H](O)[C@@H](N)c1ccccc1)C(=O)N[C@H](C(=O)O)C(C)C. The van der Waals surface area contributed by atoms with Crippen LogP contribution in [0.5, 0.6) is 0 Å². The molecule has 0 aliphatic heterocycles. The van der Waals surface area contributed by atoms with Gasteiger partial charge in [0.2, 0.25) is 5.91 Å². The van der Waals surface area contributed by atoms with E-state index in [-0.39, 0.29) is 18.3 Å². The van der Waals surface area contributed by atoms with E-state index < -0.39 is 42.0 Å². The number of aliphatic hydroxyl groups is 1. The van der Waals surface area contributed by atoms with Crippen molar-refractivity contribution in [3.05, 3.63) is 35.9 Å². The summed E-state index contributed by atoms with van der Waals surface area (Å²) in [6, 6.07) is 5.66. The zero-order valence-corrected chi connectivity index (χ0v) is 16.8. The van der Waals surface area contributed by atoms with Crippen LogP contribution in [-0.2, 0) is 14.4 Å². The molecule has 0 bridgehead atoms. The van der Waals surface area contributed by atoms with Crippen LogP contribution in [0, 0.1) is 11.8 Å². The topological polar surface area (TPSA) is 142 Å². The van der Waals surface area contributed by atoms with Gasteiger partial charge >= 0.3 is 5.97 Å². The van der Waals surface area contributed by atoms with E-state index in [0.29, 0.717) is 5.56 Å². The lowest BCUT2D eigenvalue weighted by atomic mass is 9.98. The number of nitrogens with one attached hydrogen (secondary N) is 2. The highest BCUT2D eigenvalue weighted by molar-refractivity contribution is 5.91. The second kappa shape index (κ2) is 10.8. The van der Waals surface area contributed by atoms with Crippen LogP contribution in [0.1, 0.15) is 45.7 Å². The van der Waals surface area contributed by atoms with Crippen molar-refractivity contribution in [1.82, 2.24) is 10.6 Å². The molecule has 1 aromatic rings. The molecule has 0 aliphatic carbocycles. The van der Waals surface area contributed by atoms with Crippen molar-refractivity contribution in [2.75, 3.05) is 0 Å². The van der Waals surface area contributed by atoms with Crippen LogP contribution in [0.3, 0.4) is 0 Å². The molecule has 0 saturated carbocycles. The second-order valence-corrected chi connectivity index (χ2v) is 7.64. The van der Waals surface area contributed by atoms with Crippen molar-refractivity contribution in [3.8, 4) is 0 Å². The summed E-state index contributed by atoms with van der Waals surface area (Å²) >= 11 is 0. The molecule has 156 valence electrons. The summed E-state index contributed by atoms with van der Waals surface area (Å²) in [7, 11) is 0. The van der Waals surface area contributed by atoms with Crippen molar-refractivity contribution >= 4 is 17.8 Å². The summed E-state index contributed by atoms with van der Waals surface area (Å²) in [6.07, 6.45) is -1.26. The molecule has 0 radical (unpaired) electrons. The molecular formula is C20H31N3O5. The van der Waals surface area contributed by atoms with Gasteiger partial charge in [-0.3, -0.25) is 9.59 Å². The highest BCUT2D eigenvalue weighted by atomic mass is 16.4. The predicted octanol–water partition coefficient (Wildman–Crippen LogP) is 0.804. The average Bonchev–Trinajstić information content (AvgIpc) is 2.63. The molecule has 0 heterocycles. The Morgan fingerprint density at radius 3 is 2.04 bits per heavy atom. The van der Waals surface area contributed by atoms with Crippen LogP contribution in [-0.4, -0.2) is 46.2 Å². The largest absolute Gasteiger partial charge is 0.480 e. The van der Waals surface area contributed by atoms with Gasteiger partial charge in [0.1, 0.15) is 12.1 Å². The number of amides is 2. The fourth-order valence-electron chi connectivity index (χ4n) is 2.75. The Bertz CT molecular complexity index is 663. The van der Waals surface area contributed by atoms with Gasteiger partial charge in [-0.25, -0.2) is 4.79 Å². The van der Waals surface area contributed by atoms with Crippen LogP contribution in [0.25, 0.3) is 0 Å². The monoisotopic (exact) mass is 393 g/mol. The van der Waals surface area contributed by atoms with Crippen LogP contribution in [0.15, 0.2) is 30.3 Å². The fourth-order valence-corrected chi connectivity index (χ4v) is 2.75. The molecule has 0 saturated heterocycles. The molecule has 0 fully saturated rings. The Balaban J connectivity index is 2.88. The minimum absolute atomic E-state index is 0.0540. The van der Waals surface area contributed by atoms with Gasteiger partial charge in [-0.15, -0.1) is 0 Å². The highest BCUT2D eigenvalue weighted by Gasteiger charge is 2.32. The van der Waals surface area contributed by atoms with Crippen molar-refractivity contribution in [1.29, 1.82) is 0 Å². The summed E-state index contributed by atoms with van der Waals surface area (Å²) in [5.41, 5.74) is 6.55. The third kappa shape index (κ3) is 6.94. The quantitative estimate of drug-likeness (QED) is 0.398. The molecule has 0 aromatic heterocycles. The third-order valence-electron chi connectivity index (χ3n) is 4.36. The van der Waals surface area contributed by atoms with Gasteiger partial charge in [-0.1, -0.05) is 58.0 Å². The Kier molecular flexibility index (Phi) is 9.08. The molecule has 0 spiro atoms. The minimum Gasteiger partial charge on any atom is -0.480 e. The predicted molar refractivity (Wildman–Crippen MR) is 105 cm³/mol. The van der Waals surface area contributed by atoms with E-state index in [9.17, 15) is 24.6 Å². The van der Waals surface area contributed by atoms with Gasteiger partial charge in [-0.05, 0) is 23.8 Å². The lowest BCUT2D eigenvalue weighted by molar-refractivity contribution is -0.143. The van der Waals surface area contributed by atoms with Crippen LogP contribution in [0.4, 0.5) is 0 Å². The van der Waals surface area contributed by atoms with Crippen molar-refractivity contribution in [3.63, 3.8) is 0 Å². The van der Waals surface area contributed by atoms with Gasteiger partial charge < -0.3 is 26.6 Å². The first-order valence-corrected chi connectivity index (χ1v) is 9.36. The van der Waals surface area contributed by atoms with Gasteiger partial charge in [0, 0.05) is 0 Å². The Hall–Kier alpha value is -2.45. The summed E-state index contributed by atoms with van der Waals surface area (Å²) < 4.78 is 0. The van der Waals surface area contributed by atoms with Crippen molar-refractivity contribution < 1.29 is 24.6 Å². The number of carbonyl (C=O) groups is 3. The first kappa shape index (κ1) is 23.6. The van der Waals surface area contributed by atoms with E-state index in [4.69, 9.17) is 5.73 Å². The first-order chi connectivity index (χ1) is 13.0. The van der Waals surface area contributed by atoms with E-state index >= 15 is 0 Å². The molecular weight excluding hydrogens is 362 g/mol. The number of aliphatic carboxylic acids is 1. The lowest BCUT2D eigenvalue weighted by Crippen LogP contribution is -2.55. The molecule has 1 aromatic carbocycles. The number of benzene rings is 1. The Morgan fingerprint density at radius 1 is 1.00 bits per heavy atom. The minimum atomic E-state index is -1.55. The van der Waals surface area contributed by atoms with Crippen LogP contribution in [0.2, 0.25) is 0 Å². The average molecular weight is 393 g/mol. The summed E-state index contributed by atoms with van der Waals surface area (Å²) in [5, 5.41) is 24.5. The van der Waals surface area contributed by atoms with Crippen molar-refractivity contribution in [2.45, 2.75) is 58.3 Å². The molecule has 28 heavy (non-hydrogen) atoms. The van der Waals surface area contributed by atoms with Gasteiger partial charge in [0.25, 0.3) is 5.91 Å². The number of carboxylic acids is 1. The summed E-state index contributed by atoms with van der Waals surface area (Å²) in [5.74, 6) is -2.81. The molecule has 6 N–H and O–H groups in total. The van der Waals surface area contributed by atoms with Gasteiger partial charge in [0.15, 0.2) is 6.10 Å². The normalized spacial score (nSPS) is 15.6. The standard InChI is InChI=1S/C20H31N3O5/c1-11(2)10-14(18(25)23-16(12(3)4)20(27)28)22-19(26)17(24)15(21)13-8-6-5-7-9-13/h5-9,11-12,14-17,24H,10,21H2,1-4H3,(H,22,26)(H,23,25)(H,27,28)/t14-,15-,16-,17+/m0/s1. The van der Waals surface area contributed by atoms with Crippen molar-refractivity contribution in [2.24, 2.45) is 17.6 Å². The van der Waals surface area contributed by atoms with E-state index in [1.165, 1.54) is 0 Å². The van der Waals surface area contributed by atoms with Crippen LogP contribution < -0.4 is 16.4 Å². The second-order valence-electron chi connectivity index (χ2n) is 7.64. The lowest BCUT2D eigenvalue weighted by Gasteiger charge is -2.26. The molecule has 0 aliphatic rings. The number of carboxylic acid groups (broad SMARTS) is 1. The Morgan fingerprint density at radius 2 is 1.57 bits per heavy atom. The highest BCUT2D eigenvalue weighted by Crippen LogP contribution is 2.15. The summed E-state index contributed by atoms with van der Waals surface area (Å²) in [4.78, 5) is 36.4. The number of rotatable bonds is 10. The van der Waals surface area contributed by atoms with E-state index in [1.54, 1.807) is 44.2 Å². The number of aliphatic hydroxyl groups excluding tert-OH is 1. The summed E-state index contributed by atoms with van der Waals surface area (Å²) in [6.45, 7) is 7.10. The molecule has 2 amide bonds. The van der Waals surface area contributed by atoms with Crippen LogP contribution >= 0.6 is 0 Å². The third-order valence-corrected chi connectivity index (χ3v) is 4.36. The Labute approximate surface area is 165 Å². The zero-order valence-electron chi connectivity index (χ0n) is 16.8. The van der Waals surface area contributed by atoms with E-state index in [2.05, 4.69) is 10.6 Å². The zero-order chi connectivity index (χ0) is 21.4. The maximum atomic E-state index is 12.6. The number of nitrogens with two attached hydrogens (primary N) is 1. The molecule has 1 rings (SSSR count). The number of hydrogen-bond donors (Lipinski definition) is 5. The molecule has 8 heteroatoms. The molecule has 0 unspecified atom stereocenters. The molecule has 4 atom stereocenters. The number of carbonyl (C=O) groups excluding carboxylic acids is 2. The number of hydrogen-bond acceptors (Lipinski definition) is 5.